The van der Waals surface area contributed by atoms with Gasteiger partial charge in [-0.25, -0.2) is 4.98 Å². The SMILES string of the molecule is CCC(CC)C(C)n1c(N)nc2c(C)nn(C)c21. The van der Waals surface area contributed by atoms with Gasteiger partial charge in [0.05, 0.1) is 5.69 Å². The normalized spacial score (nSPS) is 13.7. The van der Waals surface area contributed by atoms with E-state index in [1.54, 1.807) is 0 Å². The van der Waals surface area contributed by atoms with Crippen LogP contribution in [0.3, 0.4) is 0 Å². The third-order valence-corrected chi connectivity index (χ3v) is 4.00. The lowest BCUT2D eigenvalue weighted by molar-refractivity contribution is 0.339. The Morgan fingerprint density at radius 3 is 2.44 bits per heavy atom. The lowest BCUT2D eigenvalue weighted by atomic mass is 9.95. The average molecular weight is 249 g/mol. The topological polar surface area (TPSA) is 61.7 Å². The van der Waals surface area contributed by atoms with Gasteiger partial charge in [-0.15, -0.1) is 0 Å². The second kappa shape index (κ2) is 4.63. The second-order valence-corrected chi connectivity index (χ2v) is 5.04. The van der Waals surface area contributed by atoms with Crippen LogP contribution in [0, 0.1) is 12.8 Å². The molecule has 2 rings (SSSR count). The molecule has 5 nitrogen and oxygen atoms in total. The molecule has 0 aliphatic carbocycles. The Morgan fingerprint density at radius 2 is 1.89 bits per heavy atom. The summed E-state index contributed by atoms with van der Waals surface area (Å²) in [7, 11) is 1.95. The molecular weight excluding hydrogens is 226 g/mol. The highest BCUT2D eigenvalue weighted by molar-refractivity contribution is 5.77. The molecule has 100 valence electrons. The minimum absolute atomic E-state index is 0.347. The number of fused-ring (bicyclic) bond motifs is 1. The van der Waals surface area contributed by atoms with Crippen LogP contribution in [0.4, 0.5) is 5.95 Å². The molecule has 1 unspecified atom stereocenters. The summed E-state index contributed by atoms with van der Waals surface area (Å²) in [5.41, 5.74) is 8.99. The fraction of sp³-hybridized carbons (Fsp3) is 0.692. The monoisotopic (exact) mass is 249 g/mol. The number of hydrogen-bond donors (Lipinski definition) is 1. The zero-order valence-corrected chi connectivity index (χ0v) is 11.9. The Morgan fingerprint density at radius 1 is 1.28 bits per heavy atom. The molecule has 0 saturated carbocycles. The van der Waals surface area contributed by atoms with Gasteiger partial charge in [0, 0.05) is 13.1 Å². The van der Waals surface area contributed by atoms with E-state index in [0.717, 1.165) is 29.7 Å². The van der Waals surface area contributed by atoms with Gasteiger partial charge in [0.25, 0.3) is 0 Å². The molecular formula is C13H23N5. The van der Waals surface area contributed by atoms with Gasteiger partial charge in [-0.1, -0.05) is 26.7 Å². The van der Waals surface area contributed by atoms with Crippen molar-refractivity contribution in [3.63, 3.8) is 0 Å². The Bertz CT molecular complexity index is 547. The molecule has 1 atom stereocenters. The average Bonchev–Trinajstić information content (AvgIpc) is 2.79. The van der Waals surface area contributed by atoms with E-state index in [0.29, 0.717) is 17.9 Å². The van der Waals surface area contributed by atoms with Crippen molar-refractivity contribution in [3.05, 3.63) is 5.69 Å². The quantitative estimate of drug-likeness (QED) is 0.906. The molecule has 0 spiro atoms. The second-order valence-electron chi connectivity index (χ2n) is 5.04. The van der Waals surface area contributed by atoms with Crippen LogP contribution in [0.15, 0.2) is 0 Å². The van der Waals surface area contributed by atoms with Gasteiger partial charge < -0.3 is 5.73 Å². The molecule has 2 N–H and O–H groups in total. The van der Waals surface area contributed by atoms with Gasteiger partial charge in [-0.3, -0.25) is 9.25 Å². The van der Waals surface area contributed by atoms with Crippen molar-refractivity contribution in [2.24, 2.45) is 13.0 Å². The Hall–Kier alpha value is -1.52. The predicted molar refractivity (Wildman–Crippen MR) is 74.4 cm³/mol. The number of rotatable bonds is 4. The van der Waals surface area contributed by atoms with Crippen LogP contribution in [0.5, 0.6) is 0 Å². The lowest BCUT2D eigenvalue weighted by Gasteiger charge is -2.24. The first-order valence-corrected chi connectivity index (χ1v) is 6.68. The third-order valence-electron chi connectivity index (χ3n) is 4.00. The number of aryl methyl sites for hydroxylation is 2. The molecule has 2 heterocycles. The molecule has 18 heavy (non-hydrogen) atoms. The van der Waals surface area contributed by atoms with Gasteiger partial charge >= 0.3 is 0 Å². The van der Waals surface area contributed by atoms with Gasteiger partial charge in [-0.2, -0.15) is 5.10 Å². The smallest absolute Gasteiger partial charge is 0.202 e. The van der Waals surface area contributed by atoms with Gasteiger partial charge in [0.15, 0.2) is 5.65 Å². The summed E-state index contributed by atoms with van der Waals surface area (Å²) in [6.45, 7) is 8.64. The Labute approximate surface area is 108 Å². The van der Waals surface area contributed by atoms with Crippen molar-refractivity contribution in [3.8, 4) is 0 Å². The number of hydrogen-bond acceptors (Lipinski definition) is 3. The van der Waals surface area contributed by atoms with Crippen LogP contribution in [0.1, 0.15) is 45.3 Å². The van der Waals surface area contributed by atoms with E-state index in [1.165, 1.54) is 0 Å². The number of anilines is 1. The first-order valence-electron chi connectivity index (χ1n) is 6.68. The lowest BCUT2D eigenvalue weighted by Crippen LogP contribution is -2.18. The number of nitrogens with zero attached hydrogens (tertiary/aromatic N) is 4. The van der Waals surface area contributed by atoms with Crippen LogP contribution < -0.4 is 5.73 Å². The summed E-state index contributed by atoms with van der Waals surface area (Å²) in [6.07, 6.45) is 2.29. The highest BCUT2D eigenvalue weighted by atomic mass is 15.4. The maximum absolute atomic E-state index is 6.09. The van der Waals surface area contributed by atoms with E-state index < -0.39 is 0 Å². The summed E-state index contributed by atoms with van der Waals surface area (Å²) in [6, 6.07) is 0.347. The predicted octanol–water partition coefficient (Wildman–Crippen LogP) is 2.66. The standard InChI is InChI=1S/C13H23N5/c1-6-10(7-2)9(4)18-12-11(15-13(18)14)8(3)16-17(12)5/h9-10H,6-7H2,1-5H3,(H2,14,15). The Balaban J connectivity index is 2.59. The van der Waals surface area contributed by atoms with Crippen molar-refractivity contribution in [1.82, 2.24) is 19.3 Å². The molecule has 0 fully saturated rings. The molecule has 2 aromatic rings. The van der Waals surface area contributed by atoms with Gasteiger partial charge in [0.2, 0.25) is 5.95 Å². The van der Waals surface area contributed by atoms with Crippen LogP contribution >= 0.6 is 0 Å². The van der Waals surface area contributed by atoms with Crippen molar-refractivity contribution < 1.29 is 0 Å². The molecule has 0 bridgehead atoms. The van der Waals surface area contributed by atoms with Crippen molar-refractivity contribution in [2.75, 3.05) is 5.73 Å². The number of imidazole rings is 1. The maximum Gasteiger partial charge on any atom is 0.202 e. The van der Waals surface area contributed by atoms with E-state index in [1.807, 2.05) is 18.7 Å². The number of nitrogens with two attached hydrogens (primary N) is 1. The highest BCUT2D eigenvalue weighted by Crippen LogP contribution is 2.31. The first kappa shape index (κ1) is 12.9. The number of nitrogen functional groups attached to an aromatic ring is 1. The summed E-state index contributed by atoms with van der Waals surface area (Å²) < 4.78 is 4.01. The molecule has 0 aromatic carbocycles. The van der Waals surface area contributed by atoms with Crippen molar-refractivity contribution in [1.29, 1.82) is 0 Å². The zero-order valence-electron chi connectivity index (χ0n) is 11.9. The highest BCUT2D eigenvalue weighted by Gasteiger charge is 2.23. The summed E-state index contributed by atoms with van der Waals surface area (Å²) in [4.78, 5) is 4.46. The molecule has 0 radical (unpaired) electrons. The molecule has 0 saturated heterocycles. The fourth-order valence-corrected chi connectivity index (χ4v) is 2.90. The molecule has 0 aliphatic heterocycles. The molecule has 2 aromatic heterocycles. The minimum Gasteiger partial charge on any atom is -0.369 e. The third kappa shape index (κ3) is 1.78. The minimum atomic E-state index is 0.347. The first-order chi connectivity index (χ1) is 8.51. The van der Waals surface area contributed by atoms with Gasteiger partial charge in [0.1, 0.15) is 5.52 Å². The van der Waals surface area contributed by atoms with E-state index >= 15 is 0 Å². The van der Waals surface area contributed by atoms with E-state index in [9.17, 15) is 0 Å². The van der Waals surface area contributed by atoms with Crippen LogP contribution in [-0.2, 0) is 7.05 Å². The summed E-state index contributed by atoms with van der Waals surface area (Å²) in [5, 5.41) is 4.42. The molecule has 0 amide bonds. The Kier molecular flexibility index (Phi) is 3.32. The largest absolute Gasteiger partial charge is 0.369 e. The summed E-state index contributed by atoms with van der Waals surface area (Å²) in [5.74, 6) is 1.21. The van der Waals surface area contributed by atoms with Gasteiger partial charge in [-0.05, 0) is 19.8 Å². The zero-order chi connectivity index (χ0) is 13.4. The van der Waals surface area contributed by atoms with Crippen molar-refractivity contribution >= 4 is 17.1 Å². The maximum atomic E-state index is 6.09. The summed E-state index contributed by atoms with van der Waals surface area (Å²) >= 11 is 0. The van der Waals surface area contributed by atoms with E-state index in [2.05, 4.69) is 35.4 Å². The van der Waals surface area contributed by atoms with Crippen molar-refractivity contribution in [2.45, 2.75) is 46.6 Å². The molecule has 0 aliphatic rings. The number of aromatic nitrogens is 4. The van der Waals surface area contributed by atoms with Crippen LogP contribution in [-0.4, -0.2) is 19.3 Å². The van der Waals surface area contributed by atoms with Crippen LogP contribution in [0.25, 0.3) is 11.2 Å². The van der Waals surface area contributed by atoms with E-state index in [4.69, 9.17) is 5.73 Å². The van der Waals surface area contributed by atoms with Crippen LogP contribution in [0.2, 0.25) is 0 Å². The fourth-order valence-electron chi connectivity index (χ4n) is 2.90. The van der Waals surface area contributed by atoms with E-state index in [-0.39, 0.29) is 0 Å². The molecule has 5 heteroatoms.